The van der Waals surface area contributed by atoms with E-state index in [4.69, 9.17) is 23.7 Å². The predicted molar refractivity (Wildman–Crippen MR) is 204 cm³/mol. The zero-order valence-electron chi connectivity index (χ0n) is 33.9. The third-order valence-electron chi connectivity index (χ3n) is 12.6. The van der Waals surface area contributed by atoms with E-state index >= 15 is 0 Å². The van der Waals surface area contributed by atoms with Crippen LogP contribution in [0, 0.1) is 16.7 Å². The monoisotopic (exact) mass is 807 g/mol. The van der Waals surface area contributed by atoms with Crippen molar-refractivity contribution in [1.82, 2.24) is 5.32 Å². The molecule has 11 atom stereocenters. The average molecular weight is 808 g/mol. The number of benzene rings is 2. The molecule has 2 saturated carbocycles. The Kier molecular flexibility index (Phi) is 11.2. The lowest BCUT2D eigenvalue weighted by molar-refractivity contribution is -0.346. The number of ether oxygens (including phenoxy) is 5. The highest BCUT2D eigenvalue weighted by atomic mass is 16.6. The van der Waals surface area contributed by atoms with Crippen molar-refractivity contribution in [3.63, 3.8) is 0 Å². The van der Waals surface area contributed by atoms with E-state index in [1.54, 1.807) is 83.1 Å². The highest BCUT2D eigenvalue weighted by molar-refractivity contribution is 5.94. The van der Waals surface area contributed by atoms with Crippen molar-refractivity contribution >= 4 is 29.8 Å². The largest absolute Gasteiger partial charge is 0.456 e. The fourth-order valence-electron chi connectivity index (χ4n) is 9.53. The number of carbonyl (C=O) groups excluding carboxylic acids is 5. The van der Waals surface area contributed by atoms with Gasteiger partial charge >= 0.3 is 24.0 Å². The van der Waals surface area contributed by atoms with Crippen LogP contribution in [0.4, 0.5) is 4.79 Å². The second kappa shape index (κ2) is 15.2. The fourth-order valence-corrected chi connectivity index (χ4v) is 9.53. The van der Waals surface area contributed by atoms with Crippen LogP contribution in [0.5, 0.6) is 0 Å². The summed E-state index contributed by atoms with van der Waals surface area (Å²) in [4.78, 5) is 69.4. The average Bonchev–Trinajstić information content (AvgIpc) is 3.14. The SMILES string of the molecule is CC(=O)O[C@@]12COC1C[C@H](O)[C@@]1(C)C(=O)[C@H](O)C3=C(C)[C@@H](OC(=O)[C@@H](NC(=O)OC(C)(C)C)[C@@H](O)c4ccccc4)C[C@@](O)([C@@H](OC(=O)c4ccccc4)[C@@H]12)C3(C)C. The summed E-state index contributed by atoms with van der Waals surface area (Å²) >= 11 is 0. The van der Waals surface area contributed by atoms with Gasteiger partial charge in [0.2, 0.25) is 0 Å². The molecule has 5 N–H and O–H groups in total. The zero-order chi connectivity index (χ0) is 42.7. The molecule has 1 heterocycles. The third-order valence-corrected chi connectivity index (χ3v) is 12.6. The number of hydrogen-bond acceptors (Lipinski definition) is 14. The predicted octanol–water partition coefficient (Wildman–Crippen LogP) is 3.26. The number of rotatable bonds is 8. The van der Waals surface area contributed by atoms with Crippen molar-refractivity contribution in [2.24, 2.45) is 16.7 Å². The first kappa shape index (κ1) is 42.9. The zero-order valence-corrected chi connectivity index (χ0v) is 33.9. The Morgan fingerprint density at radius 3 is 2.10 bits per heavy atom. The summed E-state index contributed by atoms with van der Waals surface area (Å²) in [7, 11) is 0. The molecule has 6 rings (SSSR count). The maximum atomic E-state index is 15.0. The van der Waals surface area contributed by atoms with Gasteiger partial charge in [0.25, 0.3) is 0 Å². The normalized spacial score (nSPS) is 33.7. The number of ketones is 1. The first-order chi connectivity index (χ1) is 27.0. The van der Waals surface area contributed by atoms with Gasteiger partial charge in [0.1, 0.15) is 41.7 Å². The van der Waals surface area contributed by atoms with Crippen LogP contribution in [0.1, 0.15) is 90.3 Å². The molecule has 15 heteroatoms. The number of aliphatic hydroxyl groups excluding tert-OH is 3. The Hall–Kier alpha value is -4.67. The Balaban J connectivity index is 1.52. The van der Waals surface area contributed by atoms with Crippen molar-refractivity contribution in [3.8, 4) is 0 Å². The van der Waals surface area contributed by atoms with Gasteiger partial charge < -0.3 is 49.4 Å². The van der Waals surface area contributed by atoms with Gasteiger partial charge in [-0.15, -0.1) is 0 Å². The quantitative estimate of drug-likeness (QED) is 0.147. The highest BCUT2D eigenvalue weighted by Crippen LogP contribution is 2.64. The standard InChI is InChI=1S/C43H53NO14/c1-22-26(55-37(51)30(44-38(52)58-39(3,4)5)31(47)24-15-11-9-12-16-24)20-43(53)35(56-36(50)25-17-13-10-14-18-25)33-41(8,34(49)32(48)29(22)40(43,6)7)27(46)19-28-42(33,21-54-28)57-23(2)45/h9-18,26-28,30-33,35,46-48,53H,19-21H2,1-8H3,(H,44,52)/t26-,27-,28?,30-,31-,32+,33-,35-,41+,42-,43+/m0/s1. The molecule has 3 aliphatic carbocycles. The topological polar surface area (TPSA) is 224 Å². The molecule has 4 aliphatic rings. The number of nitrogens with one attached hydrogen (secondary N) is 1. The molecule has 0 radical (unpaired) electrons. The number of aliphatic hydroxyl groups is 4. The first-order valence-electron chi connectivity index (χ1n) is 19.3. The third kappa shape index (κ3) is 7.10. The number of esters is 3. The van der Waals surface area contributed by atoms with E-state index in [0.717, 1.165) is 6.92 Å². The number of carbonyl (C=O) groups is 5. The fraction of sp³-hybridized carbons (Fsp3) is 0.558. The number of hydrogen-bond donors (Lipinski definition) is 5. The second-order valence-corrected chi connectivity index (χ2v) is 17.6. The summed E-state index contributed by atoms with van der Waals surface area (Å²) in [5.41, 5.74) is -8.30. The van der Waals surface area contributed by atoms with Crippen LogP contribution < -0.4 is 5.32 Å². The van der Waals surface area contributed by atoms with Crippen LogP contribution in [0.2, 0.25) is 0 Å². The van der Waals surface area contributed by atoms with Gasteiger partial charge in [0.15, 0.2) is 17.4 Å². The molecular formula is C43H53NO14. The van der Waals surface area contributed by atoms with E-state index in [9.17, 15) is 44.4 Å². The van der Waals surface area contributed by atoms with Crippen LogP contribution in [-0.4, -0.2) is 110 Å². The molecule has 0 aromatic heterocycles. The summed E-state index contributed by atoms with van der Waals surface area (Å²) in [6.07, 6.45) is -11.2. The summed E-state index contributed by atoms with van der Waals surface area (Å²) in [6.45, 7) is 11.7. The van der Waals surface area contributed by atoms with Crippen molar-refractivity contribution in [1.29, 1.82) is 0 Å². The lowest BCUT2D eigenvalue weighted by atomic mass is 9.44. The molecule has 2 bridgehead atoms. The van der Waals surface area contributed by atoms with Crippen molar-refractivity contribution in [2.45, 2.75) is 128 Å². The van der Waals surface area contributed by atoms with Gasteiger partial charge in [-0.25, -0.2) is 14.4 Å². The van der Waals surface area contributed by atoms with E-state index in [2.05, 4.69) is 5.32 Å². The van der Waals surface area contributed by atoms with Crippen LogP contribution in [0.15, 0.2) is 71.8 Å². The van der Waals surface area contributed by atoms with Crippen molar-refractivity contribution in [2.75, 3.05) is 6.61 Å². The van der Waals surface area contributed by atoms with Crippen LogP contribution in [0.25, 0.3) is 0 Å². The Morgan fingerprint density at radius 2 is 1.55 bits per heavy atom. The number of amides is 1. The molecule has 2 aromatic rings. The van der Waals surface area contributed by atoms with Crippen LogP contribution in [0.3, 0.4) is 0 Å². The van der Waals surface area contributed by atoms with Gasteiger partial charge in [-0.05, 0) is 63.5 Å². The lowest BCUT2D eigenvalue weighted by Crippen LogP contribution is -2.81. The number of alkyl carbamates (subject to hydrolysis) is 1. The van der Waals surface area contributed by atoms with Gasteiger partial charge in [-0.3, -0.25) is 9.59 Å². The first-order valence-corrected chi connectivity index (χ1v) is 19.3. The maximum absolute atomic E-state index is 15.0. The lowest BCUT2D eigenvalue weighted by Gasteiger charge is -2.67. The van der Waals surface area contributed by atoms with E-state index in [1.165, 1.54) is 26.0 Å². The molecular weight excluding hydrogens is 754 g/mol. The Labute approximate surface area is 336 Å². The molecule has 15 nitrogen and oxygen atoms in total. The summed E-state index contributed by atoms with van der Waals surface area (Å²) in [5.74, 6) is -5.29. The highest BCUT2D eigenvalue weighted by Gasteiger charge is 2.78. The van der Waals surface area contributed by atoms with E-state index in [1.807, 2.05) is 0 Å². The number of Topliss-reactive ketones (excluding diaryl/α,β-unsaturated/α-hetero) is 1. The van der Waals surface area contributed by atoms with Gasteiger partial charge in [0.05, 0.1) is 29.6 Å². The number of fused-ring (bicyclic) bond motifs is 5. The molecule has 1 aliphatic heterocycles. The Bertz CT molecular complexity index is 1980. The maximum Gasteiger partial charge on any atom is 0.408 e. The van der Waals surface area contributed by atoms with Crippen molar-refractivity contribution in [3.05, 3.63) is 82.9 Å². The molecule has 1 amide bonds. The summed E-state index contributed by atoms with van der Waals surface area (Å²) in [5, 5.41) is 51.4. The van der Waals surface area contributed by atoms with Gasteiger partial charge in [-0.2, -0.15) is 0 Å². The minimum Gasteiger partial charge on any atom is -0.456 e. The van der Waals surface area contributed by atoms with E-state index in [-0.39, 0.29) is 35.3 Å². The van der Waals surface area contributed by atoms with E-state index in [0.29, 0.717) is 0 Å². The molecule has 314 valence electrons. The molecule has 58 heavy (non-hydrogen) atoms. The minimum absolute atomic E-state index is 0.0644. The second-order valence-electron chi connectivity index (χ2n) is 17.6. The van der Waals surface area contributed by atoms with Crippen molar-refractivity contribution < 1.29 is 68.1 Å². The molecule has 1 unspecified atom stereocenters. The van der Waals surface area contributed by atoms with Gasteiger partial charge in [-0.1, -0.05) is 62.4 Å². The molecule has 2 aromatic carbocycles. The molecule has 1 saturated heterocycles. The van der Waals surface area contributed by atoms with Crippen LogP contribution in [-0.2, 0) is 38.1 Å². The molecule has 3 fully saturated rings. The Morgan fingerprint density at radius 1 is 0.948 bits per heavy atom. The van der Waals surface area contributed by atoms with Crippen LogP contribution >= 0.6 is 0 Å². The minimum atomic E-state index is -2.36. The smallest absolute Gasteiger partial charge is 0.408 e. The summed E-state index contributed by atoms with van der Waals surface area (Å²) < 4.78 is 29.6. The summed E-state index contributed by atoms with van der Waals surface area (Å²) in [6, 6.07) is 14.1. The van der Waals surface area contributed by atoms with E-state index < -0.39 is 112 Å². The molecule has 0 spiro atoms. The van der Waals surface area contributed by atoms with Gasteiger partial charge in [0, 0.05) is 25.2 Å².